The number of nitrogens with zero attached hydrogens (tertiary/aromatic N) is 1. The molecule has 2 aromatic carbocycles. The van der Waals surface area contributed by atoms with E-state index in [9.17, 15) is 14.4 Å². The van der Waals surface area contributed by atoms with Crippen LogP contribution in [0.15, 0.2) is 60.7 Å². The monoisotopic (exact) mass is 636 g/mol. The van der Waals surface area contributed by atoms with Gasteiger partial charge in [0.15, 0.2) is 8.32 Å². The van der Waals surface area contributed by atoms with Gasteiger partial charge in [-0.25, -0.2) is 4.79 Å². The molecule has 2 fully saturated rings. The van der Waals surface area contributed by atoms with Gasteiger partial charge in [0.05, 0.1) is 13.7 Å². The van der Waals surface area contributed by atoms with Gasteiger partial charge in [-0.3, -0.25) is 4.79 Å². The quantitative estimate of drug-likeness (QED) is 0.189. The van der Waals surface area contributed by atoms with Gasteiger partial charge in [0, 0.05) is 19.6 Å². The van der Waals surface area contributed by atoms with Crippen molar-refractivity contribution >= 4 is 20.3 Å². The first-order valence-electron chi connectivity index (χ1n) is 16.2. The molecule has 0 spiro atoms. The molecule has 246 valence electrons. The molecule has 4 rings (SSSR count). The molecular formula is C36H52N2O6Si. The Kier molecular flexibility index (Phi) is 10.9. The third-order valence-electron chi connectivity index (χ3n) is 10.3. The standard InChI is InChI=1S/C36H52N2O6Si/c1-25(2)32(37-34(40)44-30-13-9-10-14-30)33(39)38-24-36(43-6,23-29(38)20-21-35(3,4)45(7,8)41)28-18-16-26(17-19-28)27-12-11-15-31(22-27)42-5/h11-12,15-19,22,29-30,32,41H,1,9-10,13-14,20-21,23-24H2,2-8H3,(H,37,40)/t29-,32+,36+/m1/s1. The van der Waals surface area contributed by atoms with Crippen molar-refractivity contribution in [2.24, 2.45) is 0 Å². The maximum absolute atomic E-state index is 14.3. The topological polar surface area (TPSA) is 97.3 Å². The summed E-state index contributed by atoms with van der Waals surface area (Å²) in [4.78, 5) is 40.1. The van der Waals surface area contributed by atoms with Crippen LogP contribution in [0.3, 0.4) is 0 Å². The summed E-state index contributed by atoms with van der Waals surface area (Å²) in [6, 6.07) is 15.2. The van der Waals surface area contributed by atoms with Crippen molar-refractivity contribution in [2.75, 3.05) is 20.8 Å². The molecule has 0 unspecified atom stereocenters. The van der Waals surface area contributed by atoms with E-state index in [0.717, 1.165) is 54.5 Å². The van der Waals surface area contributed by atoms with Crippen LogP contribution in [-0.2, 0) is 19.9 Å². The number of carbonyl (C=O) groups is 2. The Morgan fingerprint density at radius 3 is 2.36 bits per heavy atom. The minimum Gasteiger partial charge on any atom is -0.497 e. The summed E-state index contributed by atoms with van der Waals surface area (Å²) in [5.74, 6) is 0.573. The molecule has 0 bridgehead atoms. The molecule has 1 aliphatic heterocycles. The van der Waals surface area contributed by atoms with Gasteiger partial charge < -0.3 is 29.2 Å². The Hall–Kier alpha value is -3.14. The van der Waals surface area contributed by atoms with Gasteiger partial charge >= 0.3 is 6.09 Å². The molecule has 1 saturated carbocycles. The lowest BCUT2D eigenvalue weighted by atomic mass is 9.88. The fraction of sp³-hybridized carbons (Fsp3) is 0.556. The van der Waals surface area contributed by atoms with Crippen LogP contribution < -0.4 is 10.1 Å². The lowest BCUT2D eigenvalue weighted by Crippen LogP contribution is -2.51. The summed E-state index contributed by atoms with van der Waals surface area (Å²) in [7, 11) is 0.885. The Labute approximate surface area is 270 Å². The molecule has 0 aromatic heterocycles. The normalized spacial score (nSPS) is 21.4. The van der Waals surface area contributed by atoms with Gasteiger partial charge in [0.25, 0.3) is 0 Å². The molecule has 3 atom stereocenters. The van der Waals surface area contributed by atoms with E-state index < -0.39 is 26.1 Å². The van der Waals surface area contributed by atoms with E-state index in [1.807, 2.05) is 42.3 Å². The molecule has 9 heteroatoms. The zero-order valence-electron chi connectivity index (χ0n) is 28.2. The molecule has 1 saturated heterocycles. The molecule has 2 N–H and O–H groups in total. The van der Waals surface area contributed by atoms with Crippen LogP contribution in [0.5, 0.6) is 5.75 Å². The van der Waals surface area contributed by atoms with Crippen molar-refractivity contribution in [3.63, 3.8) is 0 Å². The van der Waals surface area contributed by atoms with Crippen molar-refractivity contribution < 1.29 is 28.6 Å². The van der Waals surface area contributed by atoms with Crippen LogP contribution in [0.4, 0.5) is 4.79 Å². The van der Waals surface area contributed by atoms with E-state index in [0.29, 0.717) is 25.0 Å². The first-order valence-corrected chi connectivity index (χ1v) is 19.1. The van der Waals surface area contributed by atoms with Gasteiger partial charge in [-0.1, -0.05) is 56.8 Å². The highest BCUT2D eigenvalue weighted by molar-refractivity contribution is 6.72. The summed E-state index contributed by atoms with van der Waals surface area (Å²) < 4.78 is 17.3. The molecule has 2 amide bonds. The van der Waals surface area contributed by atoms with E-state index >= 15 is 0 Å². The van der Waals surface area contributed by atoms with Crippen LogP contribution in [0.25, 0.3) is 11.1 Å². The Morgan fingerprint density at radius 2 is 1.78 bits per heavy atom. The summed E-state index contributed by atoms with van der Waals surface area (Å²) >= 11 is 0. The average Bonchev–Trinajstić information content (AvgIpc) is 3.66. The zero-order chi connectivity index (χ0) is 33.0. The SMILES string of the molecule is C=C(C)[C@H](NC(=O)OC1CCCC1)C(=O)N1C[C@](OC)(c2ccc(-c3cccc(OC)c3)cc2)C[C@H]1CCC(C)(C)[Si](C)(C)O. The first-order chi connectivity index (χ1) is 21.2. The van der Waals surface area contributed by atoms with Crippen LogP contribution in [0, 0.1) is 0 Å². The third kappa shape index (κ3) is 7.99. The van der Waals surface area contributed by atoms with E-state index in [2.05, 4.69) is 50.0 Å². The summed E-state index contributed by atoms with van der Waals surface area (Å²) in [6.07, 6.45) is 5.12. The van der Waals surface area contributed by atoms with Gasteiger partial charge in [-0.05, 0) is 98.0 Å². The fourth-order valence-electron chi connectivity index (χ4n) is 6.42. The summed E-state index contributed by atoms with van der Waals surface area (Å²) in [6.45, 7) is 14.3. The highest BCUT2D eigenvalue weighted by Gasteiger charge is 2.50. The predicted molar refractivity (Wildman–Crippen MR) is 181 cm³/mol. The second-order valence-corrected chi connectivity index (χ2v) is 18.5. The average molecular weight is 637 g/mol. The number of benzene rings is 2. The largest absolute Gasteiger partial charge is 0.497 e. The third-order valence-corrected chi connectivity index (χ3v) is 13.8. The molecule has 8 nitrogen and oxygen atoms in total. The molecule has 1 aliphatic carbocycles. The predicted octanol–water partition coefficient (Wildman–Crippen LogP) is 7.18. The van der Waals surface area contributed by atoms with Crippen LogP contribution in [-0.4, -0.2) is 69.0 Å². The molecule has 0 radical (unpaired) electrons. The second-order valence-electron chi connectivity index (χ2n) is 14.0. The van der Waals surface area contributed by atoms with E-state index in [1.54, 1.807) is 21.1 Å². The Balaban J connectivity index is 1.62. The number of amides is 2. The first kappa shape index (κ1) is 34.7. The van der Waals surface area contributed by atoms with Crippen LogP contribution in [0.1, 0.15) is 71.3 Å². The number of ether oxygens (including phenoxy) is 3. The molecular weight excluding hydrogens is 584 g/mol. The van der Waals surface area contributed by atoms with Crippen LogP contribution in [0.2, 0.25) is 18.1 Å². The molecule has 1 heterocycles. The number of alkyl carbamates (subject to hydrolysis) is 1. The van der Waals surface area contributed by atoms with Crippen molar-refractivity contribution in [2.45, 2.75) is 108 Å². The smallest absolute Gasteiger partial charge is 0.408 e. The van der Waals surface area contributed by atoms with Crippen molar-refractivity contribution in [1.82, 2.24) is 10.2 Å². The minimum absolute atomic E-state index is 0.111. The maximum atomic E-state index is 14.3. The maximum Gasteiger partial charge on any atom is 0.408 e. The van der Waals surface area contributed by atoms with E-state index in [1.165, 1.54) is 0 Å². The summed E-state index contributed by atoms with van der Waals surface area (Å²) in [5, 5.41) is 2.57. The van der Waals surface area contributed by atoms with Gasteiger partial charge in [-0.15, -0.1) is 0 Å². The molecule has 2 aliphatic rings. The number of likely N-dealkylation sites (tertiary alicyclic amines) is 1. The summed E-state index contributed by atoms with van der Waals surface area (Å²) in [5.41, 5.74) is 2.88. The van der Waals surface area contributed by atoms with Crippen LogP contribution >= 0.6 is 0 Å². The molecule has 2 aromatic rings. The molecule has 45 heavy (non-hydrogen) atoms. The Morgan fingerprint density at radius 1 is 1.11 bits per heavy atom. The highest BCUT2D eigenvalue weighted by Crippen LogP contribution is 2.45. The zero-order valence-corrected chi connectivity index (χ0v) is 29.2. The number of hydrogen-bond donors (Lipinski definition) is 2. The number of nitrogens with one attached hydrogen (secondary N) is 1. The second kappa shape index (κ2) is 14.1. The number of rotatable bonds is 12. The van der Waals surface area contributed by atoms with Gasteiger partial charge in [-0.2, -0.15) is 0 Å². The number of carbonyl (C=O) groups excluding carboxylic acids is 2. The van der Waals surface area contributed by atoms with Crippen molar-refractivity contribution in [1.29, 1.82) is 0 Å². The Bertz CT molecular complexity index is 1350. The number of hydrogen-bond acceptors (Lipinski definition) is 6. The number of methoxy groups -OCH3 is 2. The lowest BCUT2D eigenvalue weighted by molar-refractivity contribution is -0.134. The fourth-order valence-corrected chi connectivity index (χ4v) is 7.18. The van der Waals surface area contributed by atoms with Gasteiger partial charge in [0.1, 0.15) is 23.5 Å². The lowest BCUT2D eigenvalue weighted by Gasteiger charge is -2.37. The van der Waals surface area contributed by atoms with Crippen molar-refractivity contribution in [3.05, 3.63) is 66.2 Å². The van der Waals surface area contributed by atoms with Crippen molar-refractivity contribution in [3.8, 4) is 16.9 Å². The van der Waals surface area contributed by atoms with E-state index in [-0.39, 0.29) is 23.1 Å². The van der Waals surface area contributed by atoms with E-state index in [4.69, 9.17) is 14.2 Å². The minimum atomic E-state index is -2.47. The van der Waals surface area contributed by atoms with Gasteiger partial charge in [0.2, 0.25) is 5.91 Å². The highest BCUT2D eigenvalue weighted by atomic mass is 28.4.